The van der Waals surface area contributed by atoms with Crippen LogP contribution in [0.5, 0.6) is 0 Å². The molecule has 0 saturated heterocycles. The van der Waals surface area contributed by atoms with Crippen LogP contribution in [0, 0.1) is 0 Å². The third-order valence-corrected chi connectivity index (χ3v) is 3.77. The highest BCUT2D eigenvalue weighted by atomic mass is 16.2. The van der Waals surface area contributed by atoms with E-state index in [9.17, 15) is 4.79 Å². The number of fused-ring (bicyclic) bond motifs is 3. The summed E-state index contributed by atoms with van der Waals surface area (Å²) in [7, 11) is 0. The number of nitrogens with two attached hydrogens (primary N) is 1. The van der Waals surface area contributed by atoms with E-state index in [0.29, 0.717) is 0 Å². The Kier molecular flexibility index (Phi) is 6.35. The van der Waals surface area contributed by atoms with Crippen molar-refractivity contribution in [2.75, 3.05) is 0 Å². The number of primary amides is 1. The van der Waals surface area contributed by atoms with Crippen LogP contribution in [-0.2, 0) is 0 Å². The lowest BCUT2D eigenvalue weighted by Crippen LogP contribution is -2.18. The predicted molar refractivity (Wildman–Crippen MR) is 108 cm³/mol. The second-order valence-electron chi connectivity index (χ2n) is 5.58. The summed E-state index contributed by atoms with van der Waals surface area (Å²) in [6, 6.07) is 10.8. The van der Waals surface area contributed by atoms with E-state index in [4.69, 9.17) is 5.73 Å². The van der Waals surface area contributed by atoms with Gasteiger partial charge in [-0.15, -0.1) is 0 Å². The monoisotopic (exact) mass is 370 g/mol. The molecule has 28 heavy (non-hydrogen) atoms. The smallest absolute Gasteiger partial charge is 0.322 e. The fourth-order valence-electron chi connectivity index (χ4n) is 2.47. The van der Waals surface area contributed by atoms with Gasteiger partial charge >= 0.3 is 6.03 Å². The number of rotatable bonds is 0. The maximum Gasteiger partial charge on any atom is 0.322 e. The molecule has 2 heterocycles. The van der Waals surface area contributed by atoms with Crippen molar-refractivity contribution < 1.29 is 4.79 Å². The van der Waals surface area contributed by atoms with Gasteiger partial charge in [0.05, 0.1) is 0 Å². The number of nitrogens with zero attached hydrogens (tertiary/aromatic N) is 5. The molecular formula is C21H18N6O. The predicted octanol–water partition coefficient (Wildman–Crippen LogP) is 3.67. The molecule has 1 aromatic carbocycles. The van der Waals surface area contributed by atoms with Gasteiger partial charge in [0.25, 0.3) is 0 Å². The minimum atomic E-state index is -0.637. The largest absolute Gasteiger partial charge is 0.351 e. The first-order chi connectivity index (χ1) is 13.8. The topological polar surface area (TPSA) is 99.6 Å². The maximum absolute atomic E-state index is 11.4. The van der Waals surface area contributed by atoms with Gasteiger partial charge < -0.3 is 5.73 Å². The number of carbonyl (C=O) groups is 1. The molecule has 0 aliphatic rings. The highest BCUT2D eigenvalue weighted by molar-refractivity contribution is 6.06. The molecule has 0 saturated carbocycles. The fourth-order valence-corrected chi connectivity index (χ4v) is 2.47. The van der Waals surface area contributed by atoms with E-state index in [1.165, 1.54) is 29.4 Å². The fraction of sp³-hybridized carbons (Fsp3) is 0. The summed E-state index contributed by atoms with van der Waals surface area (Å²) in [5, 5.41) is 4.05. The molecule has 2 aromatic heterocycles. The highest BCUT2D eigenvalue weighted by Crippen LogP contribution is 2.22. The first-order valence-electron chi connectivity index (χ1n) is 8.45. The van der Waals surface area contributed by atoms with Crippen molar-refractivity contribution in [1.29, 1.82) is 0 Å². The molecule has 3 rings (SSSR count). The van der Waals surface area contributed by atoms with E-state index >= 15 is 0 Å². The molecular weight excluding hydrogens is 352 g/mol. The summed E-state index contributed by atoms with van der Waals surface area (Å²) in [5.74, 6) is 0. The number of aromatic nitrogens is 5. The minimum absolute atomic E-state index is 0.637. The zero-order valence-corrected chi connectivity index (χ0v) is 15.0. The third-order valence-electron chi connectivity index (χ3n) is 3.77. The Hall–Kier alpha value is -4.13. The Morgan fingerprint density at radius 2 is 1.36 bits per heavy atom. The number of carbonyl (C=O) groups excluding carboxylic acids is 1. The number of benzene rings is 1. The van der Waals surface area contributed by atoms with E-state index in [-0.39, 0.29) is 0 Å². The zero-order chi connectivity index (χ0) is 19.6. The third kappa shape index (κ3) is 4.95. The normalized spacial score (nSPS) is 9.71. The molecule has 0 fully saturated rings. The molecule has 0 atom stereocenters. The van der Waals surface area contributed by atoms with Crippen LogP contribution in [-0.4, -0.2) is 30.5 Å². The van der Waals surface area contributed by atoms with E-state index in [0.717, 1.165) is 21.5 Å². The Morgan fingerprint density at radius 3 is 2.14 bits per heavy atom. The number of hydrogen-bond donors (Lipinski definition) is 1. The van der Waals surface area contributed by atoms with Crippen molar-refractivity contribution in [1.82, 2.24) is 24.5 Å². The van der Waals surface area contributed by atoms with Crippen molar-refractivity contribution in [3.63, 3.8) is 0 Å². The Labute approximate surface area is 161 Å². The van der Waals surface area contributed by atoms with E-state index < -0.39 is 6.03 Å². The van der Waals surface area contributed by atoms with Crippen molar-refractivity contribution in [3.05, 3.63) is 98.4 Å². The van der Waals surface area contributed by atoms with Crippen LogP contribution in [0.2, 0.25) is 0 Å². The van der Waals surface area contributed by atoms with Gasteiger partial charge in [0.1, 0.15) is 0 Å². The van der Waals surface area contributed by atoms with Gasteiger partial charge in [-0.1, -0.05) is 18.2 Å². The van der Waals surface area contributed by atoms with Gasteiger partial charge in [-0.05, 0) is 29.0 Å². The standard InChI is InChI=1S/C21H18N6O/c22-21(28)27-13-11-23-7-1-3-17-4-5-18-15-26-10-6-19(18)20(17)16-25-9-2-8-24-12-14-27/h1-16H,(H2,22,28). The Bertz CT molecular complexity index is 1170. The van der Waals surface area contributed by atoms with Crippen molar-refractivity contribution in [2.45, 2.75) is 0 Å². The van der Waals surface area contributed by atoms with Gasteiger partial charge in [-0.2, -0.15) is 0 Å². The zero-order valence-electron chi connectivity index (χ0n) is 15.0. The molecule has 0 aliphatic carbocycles. The summed E-state index contributed by atoms with van der Waals surface area (Å²) in [5.41, 5.74) is 5.30. The van der Waals surface area contributed by atoms with Crippen LogP contribution >= 0.6 is 0 Å². The van der Waals surface area contributed by atoms with Crippen LogP contribution < -0.4 is 5.73 Å². The maximum atomic E-state index is 11.4. The molecule has 0 aliphatic heterocycles. The number of pyridine rings is 1. The van der Waals surface area contributed by atoms with Crippen LogP contribution in [0.25, 0.3) is 21.5 Å². The second-order valence-corrected chi connectivity index (χ2v) is 5.58. The highest BCUT2D eigenvalue weighted by Gasteiger charge is 1.97. The summed E-state index contributed by atoms with van der Waals surface area (Å²) < 4.78 is 1.17. The molecule has 0 spiro atoms. The molecule has 0 bridgehead atoms. The average Bonchev–Trinajstić information content (AvgIpc) is 2.71. The van der Waals surface area contributed by atoms with E-state index in [1.54, 1.807) is 37.1 Å². The van der Waals surface area contributed by atoms with Crippen LogP contribution in [0.15, 0.2) is 98.4 Å². The second kappa shape index (κ2) is 9.54. The summed E-state index contributed by atoms with van der Waals surface area (Å²) in [6.45, 7) is 0. The summed E-state index contributed by atoms with van der Waals surface area (Å²) in [4.78, 5) is 28.0. The molecule has 0 radical (unpaired) electrons. The Morgan fingerprint density at radius 1 is 0.679 bits per heavy atom. The SMILES string of the molecule is NC(=O)n1ccncccncc2c(cccncc1)ccc1cnccc12. The first kappa shape index (κ1) is 18.7. The lowest BCUT2D eigenvalue weighted by Gasteiger charge is -1.99. The van der Waals surface area contributed by atoms with Gasteiger partial charge in [0.2, 0.25) is 0 Å². The minimum Gasteiger partial charge on any atom is -0.351 e. The van der Waals surface area contributed by atoms with Crippen LogP contribution in [0.1, 0.15) is 0 Å². The van der Waals surface area contributed by atoms with Crippen molar-refractivity contribution in [2.24, 2.45) is 5.73 Å². The van der Waals surface area contributed by atoms with Gasteiger partial charge in [-0.25, -0.2) is 4.79 Å². The Balaban J connectivity index is 2.25. The quantitative estimate of drug-likeness (QED) is 0.651. The van der Waals surface area contributed by atoms with Gasteiger partial charge in [-0.3, -0.25) is 24.5 Å². The van der Waals surface area contributed by atoms with E-state index in [2.05, 4.69) is 19.9 Å². The molecule has 1 amide bonds. The molecule has 7 nitrogen and oxygen atoms in total. The van der Waals surface area contributed by atoms with Crippen molar-refractivity contribution in [3.8, 4) is 0 Å². The lowest BCUT2D eigenvalue weighted by molar-refractivity contribution is 0.250. The number of hydrogen-bond acceptors (Lipinski definition) is 5. The number of amides is 1. The summed E-state index contributed by atoms with van der Waals surface area (Å²) in [6.07, 6.45) is 16.0. The molecule has 2 N–H and O–H groups in total. The van der Waals surface area contributed by atoms with Crippen molar-refractivity contribution >= 4 is 27.6 Å². The average molecular weight is 370 g/mol. The first-order valence-corrected chi connectivity index (χ1v) is 8.45. The summed E-state index contributed by atoms with van der Waals surface area (Å²) >= 11 is 0. The van der Waals surface area contributed by atoms with Crippen LogP contribution in [0.3, 0.4) is 0 Å². The molecule has 0 unspecified atom stereocenters. The lowest BCUT2D eigenvalue weighted by atomic mass is 10.1. The van der Waals surface area contributed by atoms with Gasteiger partial charge in [0.15, 0.2) is 0 Å². The van der Waals surface area contributed by atoms with Gasteiger partial charge in [0, 0.05) is 72.7 Å². The molecule has 3 aromatic rings. The molecule has 138 valence electrons. The molecule has 7 heteroatoms. The van der Waals surface area contributed by atoms with E-state index in [1.807, 2.05) is 36.5 Å². The van der Waals surface area contributed by atoms with Crippen LogP contribution in [0.4, 0.5) is 4.79 Å².